The SMILES string of the molecule is C/C(=C(/C)c1c(C)c(C)c(/C(C)=C(\C)c2c(C)c(C)c(C)c(C)c2C)c(C)c1C)c1c(C)c(C)c(C)c(C)c1C.C/C(=C(/C)c1c(C)c(C)c(/C(C)=C(\C)c2c(C)c(C)c(C)c(C)c2C)c(C)c1C)c1c(C)c(C)c(C)c(C)c1C.C/C(=C(/C)c1c(C)c(C)c(C)c(C)c1C)c1c(C)c(C)c(C)c(C)c1C.C/C(=C(/C)c1c(C)c(C)c(C)c(C)c1C)c1c(C)c(C)c(C)c(C)c1C. The molecule has 0 aliphatic carbocycles. The summed E-state index contributed by atoms with van der Waals surface area (Å²) in [5.74, 6) is 0. The highest BCUT2D eigenvalue weighted by Crippen LogP contribution is 2.48. The molecule has 708 valence electrons. The third-order valence-electron chi connectivity index (χ3n) is 37.1. The van der Waals surface area contributed by atoms with Gasteiger partial charge in [0.25, 0.3) is 0 Å². The maximum absolute atomic E-state index is 2.34. The number of rotatable bonds is 12. The molecule has 132 heavy (non-hydrogen) atoms. The van der Waals surface area contributed by atoms with Crippen LogP contribution in [-0.4, -0.2) is 0 Å². The predicted molar refractivity (Wildman–Crippen MR) is 601 cm³/mol. The lowest BCUT2D eigenvalue weighted by Crippen LogP contribution is -2.07. The van der Waals surface area contributed by atoms with E-state index in [1.54, 1.807) is 0 Å². The summed E-state index contributed by atoms with van der Waals surface area (Å²) in [4.78, 5) is 0. The summed E-state index contributed by atoms with van der Waals surface area (Å²) in [6, 6.07) is 0. The second-order valence-corrected chi connectivity index (χ2v) is 42.0. The quantitative estimate of drug-likeness (QED) is 0.107. The summed E-state index contributed by atoms with van der Waals surface area (Å²) in [5, 5.41) is 0. The molecule has 0 aromatic heterocycles. The molecule has 0 saturated carbocycles. The molecule has 0 aliphatic heterocycles. The first-order chi connectivity index (χ1) is 60.6. The first-order valence-electron chi connectivity index (χ1n) is 49.5. The van der Waals surface area contributed by atoms with Crippen molar-refractivity contribution in [3.05, 3.63) is 334 Å². The minimum absolute atomic E-state index is 1.40. The van der Waals surface area contributed by atoms with E-state index in [1.165, 1.54) is 401 Å². The summed E-state index contributed by atoms with van der Waals surface area (Å²) in [7, 11) is 0. The highest BCUT2D eigenvalue weighted by atomic mass is 14.3. The Kier molecular flexibility index (Phi) is 34.4. The van der Waals surface area contributed by atoms with E-state index in [4.69, 9.17) is 0 Å². The van der Waals surface area contributed by atoms with Crippen LogP contribution in [0.4, 0.5) is 0 Å². The molecule has 0 atom stereocenters. The van der Waals surface area contributed by atoms with Crippen LogP contribution in [0.3, 0.4) is 0 Å². The molecule has 0 aliphatic rings. The summed E-state index contributed by atoms with van der Waals surface area (Å²) in [6.45, 7) is 138. The summed E-state index contributed by atoms with van der Waals surface area (Å²) >= 11 is 0. The van der Waals surface area contributed by atoms with E-state index in [0.29, 0.717) is 0 Å². The van der Waals surface area contributed by atoms with Gasteiger partial charge in [-0.15, -0.1) is 0 Å². The van der Waals surface area contributed by atoms with E-state index < -0.39 is 0 Å². The van der Waals surface area contributed by atoms with Gasteiger partial charge in [0.2, 0.25) is 0 Å². The topological polar surface area (TPSA) is 0 Å². The largest absolute Gasteiger partial charge is 0.0447 e. The van der Waals surface area contributed by atoms with Gasteiger partial charge in [-0.3, -0.25) is 0 Å². The van der Waals surface area contributed by atoms with Gasteiger partial charge in [0.15, 0.2) is 0 Å². The van der Waals surface area contributed by atoms with E-state index >= 15 is 0 Å². The second-order valence-electron chi connectivity index (χ2n) is 42.0. The van der Waals surface area contributed by atoms with E-state index in [-0.39, 0.29) is 0 Å². The molecule has 10 aromatic rings. The van der Waals surface area contributed by atoms with Crippen LogP contribution in [-0.2, 0) is 0 Å². The Hall–Kier alpha value is -9.36. The van der Waals surface area contributed by atoms with Gasteiger partial charge in [-0.2, -0.15) is 0 Å². The summed E-state index contributed by atoms with van der Waals surface area (Å²) in [6.07, 6.45) is 0. The highest BCUT2D eigenvalue weighted by Gasteiger charge is 2.29. The van der Waals surface area contributed by atoms with Crippen LogP contribution >= 0.6 is 0 Å². The van der Waals surface area contributed by atoms with E-state index in [2.05, 4.69) is 415 Å². The lowest BCUT2D eigenvalue weighted by Gasteiger charge is -2.26. The third kappa shape index (κ3) is 18.9. The Labute approximate surface area is 810 Å². The van der Waals surface area contributed by atoms with Crippen molar-refractivity contribution in [3.63, 3.8) is 0 Å². The van der Waals surface area contributed by atoms with Crippen LogP contribution in [0, 0.1) is 332 Å². The number of allylic oxidation sites excluding steroid dienone is 12. The molecule has 0 heteroatoms. The molecule has 10 aromatic carbocycles. The van der Waals surface area contributed by atoms with Gasteiger partial charge in [-0.25, -0.2) is 0 Å². The molecule has 0 N–H and O–H groups in total. The zero-order valence-electron chi connectivity index (χ0n) is 96.0. The Morgan fingerprint density at radius 1 is 0.0606 bits per heavy atom. The average molecular weight is 1770 g/mol. The third-order valence-corrected chi connectivity index (χ3v) is 37.1. The fraction of sp³-hybridized carbons (Fsp3) is 0.455. The molecule has 0 nitrogen and oxygen atoms in total. The van der Waals surface area contributed by atoms with Crippen molar-refractivity contribution in [1.29, 1.82) is 0 Å². The number of benzene rings is 10. The number of hydrogen-bond acceptors (Lipinski definition) is 0. The molecule has 0 saturated heterocycles. The van der Waals surface area contributed by atoms with Crippen molar-refractivity contribution in [3.8, 4) is 0 Å². The van der Waals surface area contributed by atoms with Crippen LogP contribution < -0.4 is 0 Å². The zero-order valence-corrected chi connectivity index (χ0v) is 96.0. The molecule has 10 rings (SSSR count). The van der Waals surface area contributed by atoms with Crippen LogP contribution in [0.2, 0.25) is 0 Å². The van der Waals surface area contributed by atoms with Crippen LogP contribution in [0.25, 0.3) is 66.9 Å². The molecule has 0 amide bonds. The standard InChI is InChI=1S/2C40H54.2C26H36/c2*1-19-21(3)25(7)37(26(8)22(19)4)29(11)31(13)39-33(15)35(17)40(36(18)34(39)16)32(14)30(12)38-27(9)23(5)20(2)24(6)28(38)10;2*1-13-15(3)19(7)25(20(8)16(13)4)23(11)24(12)26-21(9)17(5)14(2)18(6)22(26)10/h2*1-18H3;2*1-12H3/b2*31-29+,32-30+;2*24-23+. The lowest BCUT2D eigenvalue weighted by atomic mass is 9.78. The van der Waals surface area contributed by atoms with Crippen molar-refractivity contribution in [2.24, 2.45) is 0 Å². The minimum atomic E-state index is 1.40. The molecule has 0 fully saturated rings. The minimum Gasteiger partial charge on any atom is -0.0447 e. The van der Waals surface area contributed by atoms with Gasteiger partial charge in [0.1, 0.15) is 0 Å². The molecular formula is C132H180. The smallest absolute Gasteiger partial charge is 0.0160 e. The van der Waals surface area contributed by atoms with E-state index in [1.807, 2.05) is 0 Å². The highest BCUT2D eigenvalue weighted by molar-refractivity contribution is 6.01. The van der Waals surface area contributed by atoms with Crippen LogP contribution in [0.15, 0.2) is 0 Å². The monoisotopic (exact) mass is 1770 g/mol. The van der Waals surface area contributed by atoms with Crippen molar-refractivity contribution < 1.29 is 0 Å². The molecule has 0 bridgehead atoms. The summed E-state index contributed by atoms with van der Waals surface area (Å²) < 4.78 is 0. The van der Waals surface area contributed by atoms with Gasteiger partial charge in [0, 0.05) is 0 Å². The Morgan fingerprint density at radius 3 is 0.136 bits per heavy atom. The number of hydrogen-bond donors (Lipinski definition) is 0. The van der Waals surface area contributed by atoms with Crippen molar-refractivity contribution >= 4 is 66.9 Å². The van der Waals surface area contributed by atoms with Crippen molar-refractivity contribution in [1.82, 2.24) is 0 Å². The van der Waals surface area contributed by atoms with Gasteiger partial charge < -0.3 is 0 Å². The van der Waals surface area contributed by atoms with Crippen LogP contribution in [0.1, 0.15) is 417 Å². The van der Waals surface area contributed by atoms with Gasteiger partial charge in [-0.1, -0.05) is 0 Å². The second kappa shape index (κ2) is 41.5. The first kappa shape index (κ1) is 110. The Balaban J connectivity index is 0.000000245. The Morgan fingerprint density at radius 2 is 0.0909 bits per heavy atom. The molecule has 0 spiro atoms. The first-order valence-corrected chi connectivity index (χ1v) is 49.5. The summed E-state index contributed by atoms with van der Waals surface area (Å²) in [5.41, 5.74) is 102. The fourth-order valence-corrected chi connectivity index (χ4v) is 23.6. The van der Waals surface area contributed by atoms with Crippen molar-refractivity contribution in [2.45, 2.75) is 415 Å². The van der Waals surface area contributed by atoms with E-state index in [9.17, 15) is 0 Å². The molecule has 0 heterocycles. The molecular weight excluding hydrogens is 1590 g/mol. The lowest BCUT2D eigenvalue weighted by molar-refractivity contribution is 1.15. The zero-order chi connectivity index (χ0) is 102. The van der Waals surface area contributed by atoms with E-state index in [0.717, 1.165) is 0 Å². The average Bonchev–Trinajstić information content (AvgIpc) is 0.743. The normalized spacial score (nSPS) is 12.8. The predicted octanol–water partition coefficient (Wildman–Crippen LogP) is 39.3. The Bertz CT molecular complexity index is 5610. The maximum atomic E-state index is 2.34. The van der Waals surface area contributed by atoms with Crippen molar-refractivity contribution in [2.75, 3.05) is 0 Å². The van der Waals surface area contributed by atoms with Gasteiger partial charge in [0.05, 0.1) is 0 Å². The molecule has 0 radical (unpaired) electrons. The maximum Gasteiger partial charge on any atom is -0.0160 e. The van der Waals surface area contributed by atoms with Crippen LogP contribution in [0.5, 0.6) is 0 Å². The molecule has 0 unspecified atom stereocenters. The van der Waals surface area contributed by atoms with Gasteiger partial charge >= 0.3 is 0 Å². The fourth-order valence-electron chi connectivity index (χ4n) is 23.6. The van der Waals surface area contributed by atoms with Gasteiger partial charge in [-0.05, 0) is 816 Å².